The topological polar surface area (TPSA) is 17.8 Å². The second kappa shape index (κ2) is 9.62. The van der Waals surface area contributed by atoms with Crippen molar-refractivity contribution < 1.29 is 0 Å². The summed E-state index contributed by atoms with van der Waals surface area (Å²) in [7, 11) is 0. The lowest BCUT2D eigenvalue weighted by Crippen LogP contribution is -1.93. The Balaban J connectivity index is 1.30. The molecular formula is C39H26N2. The van der Waals surface area contributed by atoms with Crippen LogP contribution in [-0.2, 0) is 0 Å². The Labute approximate surface area is 238 Å². The van der Waals surface area contributed by atoms with Crippen LogP contribution in [0.15, 0.2) is 158 Å². The number of hydrogen-bond acceptors (Lipinski definition) is 1. The van der Waals surface area contributed by atoms with Crippen LogP contribution in [-0.4, -0.2) is 9.55 Å². The Kier molecular flexibility index (Phi) is 5.49. The maximum atomic E-state index is 4.15. The number of nitrogens with zero attached hydrogens (tertiary/aromatic N) is 2. The lowest BCUT2D eigenvalue weighted by molar-refractivity contribution is 1.18. The smallest absolute Gasteiger partial charge is 0.0547 e. The number of hydrogen-bond donors (Lipinski definition) is 0. The molecule has 0 unspecified atom stereocenters. The van der Waals surface area contributed by atoms with Crippen LogP contribution in [0.5, 0.6) is 0 Å². The molecule has 0 saturated heterocycles. The van der Waals surface area contributed by atoms with Crippen molar-refractivity contribution in [3.8, 4) is 39.1 Å². The van der Waals surface area contributed by atoms with Gasteiger partial charge in [-0.15, -0.1) is 0 Å². The van der Waals surface area contributed by atoms with Crippen LogP contribution in [0.3, 0.4) is 0 Å². The van der Waals surface area contributed by atoms with E-state index in [1.807, 2.05) is 24.5 Å². The molecule has 0 aliphatic carbocycles. The minimum absolute atomic E-state index is 1.16. The van der Waals surface area contributed by atoms with E-state index in [9.17, 15) is 0 Å². The molecule has 0 N–H and O–H groups in total. The molecule has 0 spiro atoms. The normalized spacial score (nSPS) is 11.4. The van der Waals surface area contributed by atoms with Gasteiger partial charge in [0.05, 0.1) is 11.0 Å². The fraction of sp³-hybridized carbons (Fsp3) is 0. The fourth-order valence-electron chi connectivity index (χ4n) is 6.00. The summed E-state index contributed by atoms with van der Waals surface area (Å²) in [6.45, 7) is 0. The Hall–Kier alpha value is -5.47. The van der Waals surface area contributed by atoms with Crippen LogP contribution in [0.4, 0.5) is 0 Å². The molecule has 2 aromatic heterocycles. The fourth-order valence-corrected chi connectivity index (χ4v) is 6.00. The first-order valence-corrected chi connectivity index (χ1v) is 14.0. The summed E-state index contributed by atoms with van der Waals surface area (Å²) in [5, 5.41) is 5.03. The Morgan fingerprint density at radius 3 is 1.54 bits per heavy atom. The van der Waals surface area contributed by atoms with Crippen LogP contribution in [0.1, 0.15) is 0 Å². The quantitative estimate of drug-likeness (QED) is 0.225. The number of aromatic nitrogens is 2. The van der Waals surface area contributed by atoms with Crippen molar-refractivity contribution >= 4 is 32.6 Å². The van der Waals surface area contributed by atoms with Crippen molar-refractivity contribution in [2.45, 2.75) is 0 Å². The largest absolute Gasteiger partial charge is 0.309 e. The third-order valence-corrected chi connectivity index (χ3v) is 8.10. The molecule has 0 amide bonds. The van der Waals surface area contributed by atoms with E-state index < -0.39 is 0 Å². The van der Waals surface area contributed by atoms with Crippen molar-refractivity contribution in [2.75, 3.05) is 0 Å². The molecule has 8 rings (SSSR count). The second-order valence-electron chi connectivity index (χ2n) is 10.5. The van der Waals surface area contributed by atoms with Crippen molar-refractivity contribution in [1.29, 1.82) is 0 Å². The number of fused-ring (bicyclic) bond motifs is 4. The first-order valence-electron chi connectivity index (χ1n) is 14.0. The van der Waals surface area contributed by atoms with E-state index in [4.69, 9.17) is 0 Å². The molecule has 0 aliphatic heterocycles. The zero-order valence-electron chi connectivity index (χ0n) is 22.4. The SMILES string of the molecule is c1ccc(-n2c3cc(-c4ccc(-c5ccncc5)cc4)ccc3c3ccc(-c4ccc5ccccc5c4)cc32)cc1. The molecule has 0 radical (unpaired) electrons. The molecule has 0 fully saturated rings. The molecule has 2 heteroatoms. The molecule has 2 nitrogen and oxygen atoms in total. The second-order valence-corrected chi connectivity index (χ2v) is 10.5. The molecule has 8 aromatic rings. The number of rotatable bonds is 4. The Bertz CT molecular complexity index is 2170. The van der Waals surface area contributed by atoms with E-state index >= 15 is 0 Å². The summed E-state index contributed by atoms with van der Waals surface area (Å²) in [6.07, 6.45) is 3.68. The maximum absolute atomic E-state index is 4.15. The first kappa shape index (κ1) is 23.4. The maximum Gasteiger partial charge on any atom is 0.0547 e. The number of benzene rings is 6. The standard InChI is InChI=1S/C39H26N2/c1-2-8-35(9-3-1)41-38-25-33(29-12-10-28(11-13-29)30-20-22-40-23-21-30)16-18-36(38)37-19-17-34(26-39(37)41)32-15-14-27-6-4-5-7-31(27)24-32/h1-26H. The molecule has 0 bridgehead atoms. The van der Waals surface area contributed by atoms with Gasteiger partial charge in [0, 0.05) is 28.9 Å². The van der Waals surface area contributed by atoms with Gasteiger partial charge in [-0.1, -0.05) is 103 Å². The van der Waals surface area contributed by atoms with Crippen molar-refractivity contribution in [2.24, 2.45) is 0 Å². The third kappa shape index (κ3) is 4.09. The minimum atomic E-state index is 1.16. The molecule has 192 valence electrons. The highest BCUT2D eigenvalue weighted by Gasteiger charge is 2.15. The third-order valence-electron chi connectivity index (χ3n) is 8.10. The summed E-state index contributed by atoms with van der Waals surface area (Å²) in [4.78, 5) is 4.15. The molecule has 41 heavy (non-hydrogen) atoms. The van der Waals surface area contributed by atoms with Gasteiger partial charge in [0.25, 0.3) is 0 Å². The zero-order chi connectivity index (χ0) is 27.2. The summed E-state index contributed by atoms with van der Waals surface area (Å²) in [5.74, 6) is 0. The van der Waals surface area contributed by atoms with E-state index in [1.165, 1.54) is 66.0 Å². The van der Waals surface area contributed by atoms with E-state index in [1.54, 1.807) is 0 Å². The highest BCUT2D eigenvalue weighted by molar-refractivity contribution is 6.11. The monoisotopic (exact) mass is 522 g/mol. The molecule has 0 aliphatic rings. The lowest BCUT2D eigenvalue weighted by Gasteiger charge is -2.10. The van der Waals surface area contributed by atoms with Gasteiger partial charge in [-0.25, -0.2) is 0 Å². The Morgan fingerprint density at radius 1 is 0.366 bits per heavy atom. The van der Waals surface area contributed by atoms with Crippen LogP contribution < -0.4 is 0 Å². The van der Waals surface area contributed by atoms with Crippen molar-refractivity contribution in [3.05, 3.63) is 158 Å². The van der Waals surface area contributed by atoms with E-state index in [0.717, 1.165) is 5.69 Å². The first-order chi connectivity index (χ1) is 20.3. The van der Waals surface area contributed by atoms with Crippen LogP contribution in [0, 0.1) is 0 Å². The molecule has 6 aromatic carbocycles. The van der Waals surface area contributed by atoms with Gasteiger partial charge in [-0.2, -0.15) is 0 Å². The van der Waals surface area contributed by atoms with Crippen molar-refractivity contribution in [3.63, 3.8) is 0 Å². The van der Waals surface area contributed by atoms with Gasteiger partial charge in [-0.05, 0) is 86.6 Å². The predicted molar refractivity (Wildman–Crippen MR) is 172 cm³/mol. The van der Waals surface area contributed by atoms with E-state index in [-0.39, 0.29) is 0 Å². The molecule has 0 atom stereocenters. The molecule has 0 saturated carbocycles. The van der Waals surface area contributed by atoms with Crippen LogP contribution in [0.2, 0.25) is 0 Å². The van der Waals surface area contributed by atoms with E-state index in [0.29, 0.717) is 0 Å². The van der Waals surface area contributed by atoms with Gasteiger partial charge in [0.15, 0.2) is 0 Å². The Morgan fingerprint density at radius 2 is 0.854 bits per heavy atom. The van der Waals surface area contributed by atoms with Gasteiger partial charge in [0.2, 0.25) is 0 Å². The highest BCUT2D eigenvalue weighted by Crippen LogP contribution is 2.37. The zero-order valence-corrected chi connectivity index (χ0v) is 22.4. The average molecular weight is 523 g/mol. The highest BCUT2D eigenvalue weighted by atomic mass is 15.0. The molecule has 2 heterocycles. The van der Waals surface area contributed by atoms with Crippen LogP contribution >= 0.6 is 0 Å². The van der Waals surface area contributed by atoms with E-state index in [2.05, 4.69) is 143 Å². The van der Waals surface area contributed by atoms with Gasteiger partial charge < -0.3 is 4.57 Å². The summed E-state index contributed by atoms with van der Waals surface area (Å²) in [6, 6.07) is 52.6. The summed E-state index contributed by atoms with van der Waals surface area (Å²) >= 11 is 0. The molecular weight excluding hydrogens is 496 g/mol. The minimum Gasteiger partial charge on any atom is -0.309 e. The van der Waals surface area contributed by atoms with Crippen LogP contribution in [0.25, 0.3) is 71.6 Å². The van der Waals surface area contributed by atoms with Gasteiger partial charge >= 0.3 is 0 Å². The van der Waals surface area contributed by atoms with Crippen molar-refractivity contribution in [1.82, 2.24) is 9.55 Å². The average Bonchev–Trinajstić information content (AvgIpc) is 3.38. The van der Waals surface area contributed by atoms with Gasteiger partial charge in [0.1, 0.15) is 0 Å². The lowest BCUT2D eigenvalue weighted by atomic mass is 9.99. The predicted octanol–water partition coefficient (Wildman–Crippen LogP) is 10.3. The number of para-hydroxylation sites is 1. The summed E-state index contributed by atoms with van der Waals surface area (Å²) in [5.41, 5.74) is 10.8. The van der Waals surface area contributed by atoms with Gasteiger partial charge in [-0.3, -0.25) is 4.98 Å². The number of pyridine rings is 1. The summed E-state index contributed by atoms with van der Waals surface area (Å²) < 4.78 is 2.41.